The predicted molar refractivity (Wildman–Crippen MR) is 57.4 cm³/mol. The average molecular weight is 328 g/mol. The Balaban J connectivity index is 2.56. The molecule has 22 heavy (non-hydrogen) atoms. The summed E-state index contributed by atoms with van der Waals surface area (Å²) < 4.78 is 80.4. The standard InChI is InChI=1S/C12H6F6O4/c13-11(14,15)4-1-2-6-5(3-4)8(19)7(10(20)21)9(22-6)12(16,17)18/h1-3,7,9H,(H,20,21). The van der Waals surface area contributed by atoms with E-state index in [1.54, 1.807) is 0 Å². The lowest BCUT2D eigenvalue weighted by molar-refractivity contribution is -0.211. The summed E-state index contributed by atoms with van der Waals surface area (Å²) in [7, 11) is 0. The number of carboxylic acid groups (broad SMARTS) is 1. The summed E-state index contributed by atoms with van der Waals surface area (Å²) in [6, 6.07) is 1.29. The van der Waals surface area contributed by atoms with Crippen molar-refractivity contribution >= 4 is 11.8 Å². The maximum Gasteiger partial charge on any atom is 0.426 e. The lowest BCUT2D eigenvalue weighted by Gasteiger charge is -2.31. The molecule has 2 unspecified atom stereocenters. The Morgan fingerprint density at radius 1 is 1.14 bits per heavy atom. The van der Waals surface area contributed by atoms with Gasteiger partial charge < -0.3 is 9.84 Å². The first-order valence-electron chi connectivity index (χ1n) is 5.64. The average Bonchev–Trinajstić information content (AvgIpc) is 2.35. The van der Waals surface area contributed by atoms with Gasteiger partial charge >= 0.3 is 18.3 Å². The Hall–Kier alpha value is -2.26. The molecule has 120 valence electrons. The Kier molecular flexibility index (Phi) is 3.58. The van der Waals surface area contributed by atoms with E-state index in [4.69, 9.17) is 5.11 Å². The second kappa shape index (κ2) is 4.89. The van der Waals surface area contributed by atoms with Crippen molar-refractivity contribution in [3.05, 3.63) is 29.3 Å². The number of carbonyl (C=O) groups excluding carboxylic acids is 1. The Bertz CT molecular complexity index is 633. The third-order valence-corrected chi connectivity index (χ3v) is 3.00. The van der Waals surface area contributed by atoms with Gasteiger partial charge in [0, 0.05) is 0 Å². The van der Waals surface area contributed by atoms with Crippen molar-refractivity contribution in [1.82, 2.24) is 0 Å². The molecule has 0 fully saturated rings. The summed E-state index contributed by atoms with van der Waals surface area (Å²) in [5, 5.41) is 8.77. The van der Waals surface area contributed by atoms with Gasteiger partial charge in [0.05, 0.1) is 11.1 Å². The van der Waals surface area contributed by atoms with Crippen molar-refractivity contribution in [2.45, 2.75) is 18.5 Å². The molecule has 1 aliphatic rings. The molecular weight excluding hydrogens is 322 g/mol. The second-order valence-corrected chi connectivity index (χ2v) is 4.47. The van der Waals surface area contributed by atoms with Gasteiger partial charge in [0.15, 0.2) is 11.7 Å². The molecule has 0 amide bonds. The molecule has 1 heterocycles. The molecule has 10 heteroatoms. The van der Waals surface area contributed by atoms with Crippen molar-refractivity contribution in [2.75, 3.05) is 0 Å². The van der Waals surface area contributed by atoms with Gasteiger partial charge in [-0.15, -0.1) is 0 Å². The number of fused-ring (bicyclic) bond motifs is 1. The van der Waals surface area contributed by atoms with Crippen LogP contribution in [0.4, 0.5) is 26.3 Å². The number of alkyl halides is 6. The lowest BCUT2D eigenvalue weighted by atomic mass is 9.88. The number of ketones is 1. The van der Waals surface area contributed by atoms with Crippen LogP contribution in [0, 0.1) is 5.92 Å². The van der Waals surface area contributed by atoms with Crippen LogP contribution in [-0.4, -0.2) is 29.1 Å². The van der Waals surface area contributed by atoms with Crippen molar-refractivity contribution in [3.63, 3.8) is 0 Å². The van der Waals surface area contributed by atoms with Crippen molar-refractivity contribution in [1.29, 1.82) is 0 Å². The number of rotatable bonds is 1. The first-order chi connectivity index (χ1) is 9.93. The summed E-state index contributed by atoms with van der Waals surface area (Å²) in [4.78, 5) is 22.8. The molecule has 0 aliphatic carbocycles. The highest BCUT2D eigenvalue weighted by molar-refractivity contribution is 6.11. The number of carboxylic acids is 1. The van der Waals surface area contributed by atoms with E-state index in [0.29, 0.717) is 12.1 Å². The molecule has 1 N–H and O–H groups in total. The third kappa shape index (κ3) is 2.72. The van der Waals surface area contributed by atoms with Crippen LogP contribution in [0.2, 0.25) is 0 Å². The van der Waals surface area contributed by atoms with E-state index in [9.17, 15) is 35.9 Å². The fourth-order valence-corrected chi connectivity index (χ4v) is 2.01. The minimum absolute atomic E-state index is 0.278. The molecule has 2 atom stereocenters. The van der Waals surface area contributed by atoms with Gasteiger partial charge in [0.25, 0.3) is 0 Å². The monoisotopic (exact) mass is 328 g/mol. The quantitative estimate of drug-likeness (QED) is 0.636. The van der Waals surface area contributed by atoms with Crippen LogP contribution in [0.3, 0.4) is 0 Å². The number of Topliss-reactive ketones (excluding diaryl/α,β-unsaturated/α-hetero) is 1. The summed E-state index contributed by atoms with van der Waals surface area (Å²) in [5.74, 6) is -7.11. The molecule has 4 nitrogen and oxygen atoms in total. The van der Waals surface area contributed by atoms with Crippen molar-refractivity contribution < 1.29 is 45.8 Å². The zero-order valence-electron chi connectivity index (χ0n) is 10.3. The van der Waals surface area contributed by atoms with Gasteiger partial charge in [-0.2, -0.15) is 26.3 Å². The SMILES string of the molecule is O=C(O)C1C(=O)c2cc(C(F)(F)F)ccc2OC1C(F)(F)F. The second-order valence-electron chi connectivity index (χ2n) is 4.47. The van der Waals surface area contributed by atoms with Crippen molar-refractivity contribution in [2.24, 2.45) is 5.92 Å². The molecular formula is C12H6F6O4. The van der Waals surface area contributed by atoms with Crippen LogP contribution >= 0.6 is 0 Å². The maximum absolute atomic E-state index is 12.8. The fourth-order valence-electron chi connectivity index (χ4n) is 2.01. The van der Waals surface area contributed by atoms with Crippen LogP contribution in [0.25, 0.3) is 0 Å². The van der Waals surface area contributed by atoms with E-state index in [1.807, 2.05) is 0 Å². The molecule has 0 spiro atoms. The van der Waals surface area contributed by atoms with Crippen LogP contribution in [0.15, 0.2) is 18.2 Å². The molecule has 2 rings (SSSR count). The zero-order valence-corrected chi connectivity index (χ0v) is 10.3. The van der Waals surface area contributed by atoms with Crippen LogP contribution in [-0.2, 0) is 11.0 Å². The van der Waals surface area contributed by atoms with E-state index < -0.39 is 53.0 Å². The van der Waals surface area contributed by atoms with E-state index in [-0.39, 0.29) is 6.07 Å². The lowest BCUT2D eigenvalue weighted by Crippen LogP contribution is -2.50. The third-order valence-electron chi connectivity index (χ3n) is 3.00. The molecule has 1 aliphatic heterocycles. The number of carbonyl (C=O) groups is 2. The van der Waals surface area contributed by atoms with E-state index in [1.165, 1.54) is 0 Å². The molecule has 1 aromatic carbocycles. The molecule has 1 aromatic rings. The summed E-state index contributed by atoms with van der Waals surface area (Å²) in [6.45, 7) is 0. The van der Waals surface area contributed by atoms with Crippen LogP contribution < -0.4 is 4.74 Å². The minimum Gasteiger partial charge on any atom is -0.481 e. The highest BCUT2D eigenvalue weighted by Gasteiger charge is 2.56. The normalized spacial score (nSPS) is 22.0. The van der Waals surface area contributed by atoms with Gasteiger partial charge in [-0.25, -0.2) is 0 Å². The van der Waals surface area contributed by atoms with E-state index in [0.717, 1.165) is 0 Å². The predicted octanol–water partition coefficient (Wildman–Crippen LogP) is 2.91. The summed E-state index contributed by atoms with van der Waals surface area (Å²) in [5.41, 5.74) is -2.14. The largest absolute Gasteiger partial charge is 0.481 e. The highest BCUT2D eigenvalue weighted by Crippen LogP contribution is 2.40. The van der Waals surface area contributed by atoms with Crippen LogP contribution in [0.5, 0.6) is 5.75 Å². The molecule has 0 saturated heterocycles. The van der Waals surface area contributed by atoms with Gasteiger partial charge in [-0.3, -0.25) is 9.59 Å². The Morgan fingerprint density at radius 2 is 1.73 bits per heavy atom. The highest BCUT2D eigenvalue weighted by atomic mass is 19.4. The zero-order chi connectivity index (χ0) is 16.9. The number of hydrogen-bond acceptors (Lipinski definition) is 3. The Labute approximate surface area is 118 Å². The molecule has 0 radical (unpaired) electrons. The topological polar surface area (TPSA) is 63.6 Å². The fraction of sp³-hybridized carbons (Fsp3) is 0.333. The van der Waals surface area contributed by atoms with Gasteiger partial charge in [-0.1, -0.05) is 0 Å². The number of ether oxygens (including phenoxy) is 1. The van der Waals surface area contributed by atoms with Crippen LogP contribution in [0.1, 0.15) is 15.9 Å². The van der Waals surface area contributed by atoms with E-state index >= 15 is 0 Å². The van der Waals surface area contributed by atoms with Gasteiger partial charge in [0.2, 0.25) is 6.10 Å². The molecule has 0 saturated carbocycles. The summed E-state index contributed by atoms with van der Waals surface area (Å²) in [6.07, 6.45) is -13.0. The number of aliphatic carboxylic acids is 1. The first kappa shape index (κ1) is 16.1. The minimum atomic E-state index is -5.17. The maximum atomic E-state index is 12.8. The summed E-state index contributed by atoms with van der Waals surface area (Å²) >= 11 is 0. The molecule has 0 bridgehead atoms. The van der Waals surface area contributed by atoms with E-state index in [2.05, 4.69) is 4.74 Å². The van der Waals surface area contributed by atoms with Gasteiger partial charge in [0.1, 0.15) is 5.75 Å². The smallest absolute Gasteiger partial charge is 0.426 e. The van der Waals surface area contributed by atoms with Crippen molar-refractivity contribution in [3.8, 4) is 5.75 Å². The molecule has 0 aromatic heterocycles. The first-order valence-corrected chi connectivity index (χ1v) is 5.64. The van der Waals surface area contributed by atoms with Gasteiger partial charge in [-0.05, 0) is 18.2 Å². The number of hydrogen-bond donors (Lipinski definition) is 1. The number of benzene rings is 1. The Morgan fingerprint density at radius 3 is 2.18 bits per heavy atom. The number of halogens is 6.